The maximum absolute atomic E-state index is 12.7. The number of hydrogen-bond acceptors (Lipinski definition) is 7. The third-order valence-corrected chi connectivity index (χ3v) is 7.31. The number of carbonyl (C=O) groups excluding carboxylic acids is 2. The van der Waals surface area contributed by atoms with Gasteiger partial charge in [0.15, 0.2) is 6.10 Å². The molecular formula is C22H25N3O3S2. The van der Waals surface area contributed by atoms with Gasteiger partial charge in [0.05, 0.1) is 11.6 Å². The first-order chi connectivity index (χ1) is 14.4. The molecule has 1 aliphatic carbocycles. The molecule has 0 aliphatic heterocycles. The molecule has 2 aromatic rings. The molecule has 1 aliphatic rings. The number of carbonyl (C=O) groups is 2. The Bertz CT molecular complexity index is 945. The van der Waals surface area contributed by atoms with Crippen molar-refractivity contribution in [3.05, 3.63) is 46.5 Å². The number of thiazole rings is 1. The number of ether oxygens (including phenoxy) is 1. The lowest BCUT2D eigenvalue weighted by Crippen LogP contribution is -2.52. The molecule has 1 aromatic carbocycles. The molecule has 1 atom stereocenters. The monoisotopic (exact) mass is 443 g/mol. The number of esters is 1. The first-order valence-corrected chi connectivity index (χ1v) is 11.9. The summed E-state index contributed by atoms with van der Waals surface area (Å²) in [6, 6.07) is 9.47. The van der Waals surface area contributed by atoms with Crippen molar-refractivity contribution in [3.63, 3.8) is 0 Å². The topological polar surface area (TPSA) is 92.1 Å². The minimum absolute atomic E-state index is 0.433. The van der Waals surface area contributed by atoms with Crippen LogP contribution >= 0.6 is 23.1 Å². The van der Waals surface area contributed by atoms with Crippen molar-refractivity contribution in [1.82, 2.24) is 10.3 Å². The SMILES string of the molecule is Cc1csc(SCc2ccccc2C(=O)OC(C)C(=O)NC2(C#N)CCCCC2)n1. The predicted molar refractivity (Wildman–Crippen MR) is 117 cm³/mol. The molecular weight excluding hydrogens is 418 g/mol. The zero-order chi connectivity index (χ0) is 21.6. The fraction of sp³-hybridized carbons (Fsp3) is 0.455. The molecule has 6 nitrogen and oxygen atoms in total. The van der Waals surface area contributed by atoms with Gasteiger partial charge in [0.25, 0.3) is 5.91 Å². The smallest absolute Gasteiger partial charge is 0.339 e. The third-order valence-electron chi connectivity index (χ3n) is 5.12. The first-order valence-electron chi connectivity index (χ1n) is 9.99. The van der Waals surface area contributed by atoms with Crippen LogP contribution in [0.1, 0.15) is 60.6 Å². The van der Waals surface area contributed by atoms with Crippen molar-refractivity contribution < 1.29 is 14.3 Å². The van der Waals surface area contributed by atoms with Crippen molar-refractivity contribution >= 4 is 35.0 Å². The van der Waals surface area contributed by atoms with Crippen molar-refractivity contribution in [2.24, 2.45) is 0 Å². The number of rotatable bonds is 7. The van der Waals surface area contributed by atoms with Crippen LogP contribution in [0.4, 0.5) is 0 Å². The number of aryl methyl sites for hydroxylation is 1. The second-order valence-corrected chi connectivity index (χ2v) is 9.57. The van der Waals surface area contributed by atoms with Gasteiger partial charge < -0.3 is 10.1 Å². The van der Waals surface area contributed by atoms with Gasteiger partial charge in [0.2, 0.25) is 0 Å². The number of amides is 1. The van der Waals surface area contributed by atoms with Crippen molar-refractivity contribution in [3.8, 4) is 6.07 Å². The van der Waals surface area contributed by atoms with E-state index in [2.05, 4.69) is 16.4 Å². The van der Waals surface area contributed by atoms with E-state index in [1.165, 1.54) is 6.92 Å². The summed E-state index contributed by atoms with van der Waals surface area (Å²) in [6.45, 7) is 3.49. The van der Waals surface area contributed by atoms with Crippen LogP contribution < -0.4 is 5.32 Å². The number of nitrogens with zero attached hydrogens (tertiary/aromatic N) is 2. The van der Waals surface area contributed by atoms with Crippen LogP contribution in [-0.4, -0.2) is 28.5 Å². The Kier molecular flexibility index (Phi) is 7.51. The number of hydrogen-bond donors (Lipinski definition) is 1. The summed E-state index contributed by atoms with van der Waals surface area (Å²) < 4.78 is 6.39. The quantitative estimate of drug-likeness (QED) is 0.495. The maximum Gasteiger partial charge on any atom is 0.339 e. The van der Waals surface area contributed by atoms with Gasteiger partial charge in [-0.1, -0.05) is 49.2 Å². The first kappa shape index (κ1) is 22.3. The van der Waals surface area contributed by atoms with E-state index in [0.29, 0.717) is 24.2 Å². The summed E-state index contributed by atoms with van der Waals surface area (Å²) in [5, 5.41) is 14.3. The van der Waals surface area contributed by atoms with E-state index < -0.39 is 23.5 Å². The molecule has 1 N–H and O–H groups in total. The molecule has 1 heterocycles. The minimum Gasteiger partial charge on any atom is -0.449 e. The van der Waals surface area contributed by atoms with E-state index in [1.807, 2.05) is 24.4 Å². The average molecular weight is 444 g/mol. The van der Waals surface area contributed by atoms with Crippen molar-refractivity contribution in [2.45, 2.75) is 67.7 Å². The van der Waals surface area contributed by atoms with Crippen LogP contribution in [0.2, 0.25) is 0 Å². The number of aromatic nitrogens is 1. The standard InChI is InChI=1S/C22H25N3O3S2/c1-15-12-29-21(24-15)30-13-17-8-4-5-9-18(17)20(27)28-16(2)19(26)25-22(14-23)10-6-3-7-11-22/h4-5,8-9,12,16H,3,6-7,10-11,13H2,1-2H3,(H,25,26). The molecule has 3 rings (SSSR count). The van der Waals surface area contributed by atoms with E-state index >= 15 is 0 Å². The van der Waals surface area contributed by atoms with Gasteiger partial charge in [-0.25, -0.2) is 9.78 Å². The molecule has 1 unspecified atom stereocenters. The molecule has 0 radical (unpaired) electrons. The second-order valence-electron chi connectivity index (χ2n) is 7.49. The lowest BCUT2D eigenvalue weighted by atomic mass is 9.83. The molecule has 1 fully saturated rings. The van der Waals surface area contributed by atoms with Gasteiger partial charge in [0.1, 0.15) is 9.88 Å². The zero-order valence-corrected chi connectivity index (χ0v) is 18.8. The Morgan fingerprint density at radius 3 is 2.73 bits per heavy atom. The summed E-state index contributed by atoms with van der Waals surface area (Å²) in [4.78, 5) is 29.8. The Labute approximate surface area is 185 Å². The zero-order valence-electron chi connectivity index (χ0n) is 17.1. The second kappa shape index (κ2) is 10.1. The lowest BCUT2D eigenvalue weighted by Gasteiger charge is -2.32. The van der Waals surface area contributed by atoms with E-state index in [4.69, 9.17) is 4.74 Å². The molecule has 0 bridgehead atoms. The summed E-state index contributed by atoms with van der Waals surface area (Å²) in [5.41, 5.74) is 1.39. The van der Waals surface area contributed by atoms with Crippen molar-refractivity contribution in [1.29, 1.82) is 5.26 Å². The Hall–Kier alpha value is -2.37. The molecule has 1 aromatic heterocycles. The minimum atomic E-state index is -0.980. The summed E-state index contributed by atoms with van der Waals surface area (Å²) in [7, 11) is 0. The Morgan fingerprint density at radius 2 is 2.07 bits per heavy atom. The maximum atomic E-state index is 12.7. The van der Waals surface area contributed by atoms with Crippen LogP contribution in [0.3, 0.4) is 0 Å². The van der Waals surface area contributed by atoms with Gasteiger partial charge in [-0.3, -0.25) is 4.79 Å². The lowest BCUT2D eigenvalue weighted by molar-refractivity contribution is -0.130. The van der Waals surface area contributed by atoms with E-state index in [-0.39, 0.29) is 0 Å². The molecule has 158 valence electrons. The summed E-state index contributed by atoms with van der Waals surface area (Å²) >= 11 is 3.13. The Morgan fingerprint density at radius 1 is 1.33 bits per heavy atom. The average Bonchev–Trinajstić information content (AvgIpc) is 3.18. The van der Waals surface area contributed by atoms with E-state index in [0.717, 1.165) is 34.9 Å². The van der Waals surface area contributed by atoms with E-state index in [9.17, 15) is 14.9 Å². The Balaban J connectivity index is 1.62. The normalized spacial score (nSPS) is 16.3. The highest BCUT2D eigenvalue weighted by Gasteiger charge is 2.35. The van der Waals surface area contributed by atoms with Crippen LogP contribution in [0.15, 0.2) is 34.0 Å². The van der Waals surface area contributed by atoms with Gasteiger partial charge in [-0.15, -0.1) is 11.3 Å². The highest BCUT2D eigenvalue weighted by atomic mass is 32.2. The molecule has 30 heavy (non-hydrogen) atoms. The fourth-order valence-corrected chi connectivity index (χ4v) is 5.27. The van der Waals surface area contributed by atoms with Gasteiger partial charge in [0, 0.05) is 16.8 Å². The van der Waals surface area contributed by atoms with Crippen molar-refractivity contribution in [2.75, 3.05) is 0 Å². The van der Waals surface area contributed by atoms with Crippen LogP contribution in [0, 0.1) is 18.3 Å². The van der Waals surface area contributed by atoms with Gasteiger partial charge in [-0.05, 0) is 38.3 Å². The molecule has 0 spiro atoms. The highest BCUT2D eigenvalue weighted by molar-refractivity contribution is 8.00. The molecule has 1 saturated carbocycles. The highest BCUT2D eigenvalue weighted by Crippen LogP contribution is 2.29. The number of thioether (sulfide) groups is 1. The van der Waals surface area contributed by atoms with Gasteiger partial charge >= 0.3 is 5.97 Å². The largest absolute Gasteiger partial charge is 0.449 e. The van der Waals surface area contributed by atoms with E-state index in [1.54, 1.807) is 35.2 Å². The molecule has 0 saturated heterocycles. The number of benzene rings is 1. The number of nitriles is 1. The third kappa shape index (κ3) is 5.61. The summed E-state index contributed by atoms with van der Waals surface area (Å²) in [6.07, 6.45) is 3.17. The van der Waals surface area contributed by atoms with Crippen LogP contribution in [-0.2, 0) is 15.3 Å². The summed E-state index contributed by atoms with van der Waals surface area (Å²) in [5.74, 6) is -0.396. The fourth-order valence-electron chi connectivity index (χ4n) is 3.42. The van der Waals surface area contributed by atoms with Gasteiger partial charge in [-0.2, -0.15) is 5.26 Å². The molecule has 8 heteroatoms. The van der Waals surface area contributed by atoms with Crippen LogP contribution in [0.5, 0.6) is 0 Å². The van der Waals surface area contributed by atoms with Crippen LogP contribution in [0.25, 0.3) is 0 Å². The molecule has 1 amide bonds. The number of nitrogens with one attached hydrogen (secondary N) is 1. The predicted octanol–water partition coefficient (Wildman–Crippen LogP) is 4.63.